The van der Waals surface area contributed by atoms with Gasteiger partial charge in [0.1, 0.15) is 6.54 Å². The summed E-state index contributed by atoms with van der Waals surface area (Å²) in [6, 6.07) is 4.45. The molecule has 0 aliphatic heterocycles. The van der Waals surface area contributed by atoms with Gasteiger partial charge < -0.3 is 10.0 Å². The van der Waals surface area contributed by atoms with Gasteiger partial charge in [-0.1, -0.05) is 26.8 Å². The highest BCUT2D eigenvalue weighted by Crippen LogP contribution is 2.22. The minimum atomic E-state index is -3.70. The van der Waals surface area contributed by atoms with E-state index in [-0.39, 0.29) is 17.0 Å². The van der Waals surface area contributed by atoms with Crippen LogP contribution >= 0.6 is 0 Å². The normalized spacial score (nSPS) is 11.6. The van der Waals surface area contributed by atoms with E-state index in [1.165, 1.54) is 21.3 Å². The van der Waals surface area contributed by atoms with Crippen LogP contribution in [0.3, 0.4) is 0 Å². The van der Waals surface area contributed by atoms with Gasteiger partial charge in [-0.2, -0.15) is 4.31 Å². The lowest BCUT2D eigenvalue weighted by Gasteiger charge is -2.22. The second-order valence-corrected chi connectivity index (χ2v) is 7.60. The molecule has 25 heavy (non-hydrogen) atoms. The first-order valence-electron chi connectivity index (χ1n) is 8.30. The van der Waals surface area contributed by atoms with Crippen molar-refractivity contribution in [1.29, 1.82) is 0 Å². The van der Waals surface area contributed by atoms with Gasteiger partial charge in [-0.05, 0) is 31.0 Å². The monoisotopic (exact) mass is 370 g/mol. The predicted octanol–water partition coefficient (Wildman–Crippen LogP) is 1.96. The summed E-state index contributed by atoms with van der Waals surface area (Å²) in [7, 11) is -3.70. The number of rotatable bonds is 9. The number of benzene rings is 1. The highest BCUT2D eigenvalue weighted by Gasteiger charge is 2.26. The molecule has 0 unspecified atom stereocenters. The topological polar surface area (TPSA) is 95.0 Å². The number of hydrogen-bond donors (Lipinski definition) is 1. The zero-order chi connectivity index (χ0) is 19.2. The predicted molar refractivity (Wildman–Crippen MR) is 95.1 cm³/mol. The maximum atomic E-state index is 12.8. The van der Waals surface area contributed by atoms with Gasteiger partial charge in [-0.3, -0.25) is 9.59 Å². The van der Waals surface area contributed by atoms with Crippen molar-refractivity contribution in [3.05, 3.63) is 29.3 Å². The summed E-state index contributed by atoms with van der Waals surface area (Å²) >= 11 is 0. The van der Waals surface area contributed by atoms with Crippen molar-refractivity contribution in [2.75, 3.05) is 26.2 Å². The molecule has 0 saturated carbocycles. The van der Waals surface area contributed by atoms with E-state index in [4.69, 9.17) is 5.11 Å². The summed E-state index contributed by atoms with van der Waals surface area (Å²) in [5.74, 6) is -1.59. The third-order valence-electron chi connectivity index (χ3n) is 3.87. The molecule has 1 aromatic rings. The highest BCUT2D eigenvalue weighted by molar-refractivity contribution is 7.89. The Bertz CT molecular complexity index is 727. The molecule has 1 rings (SSSR count). The van der Waals surface area contributed by atoms with Crippen LogP contribution in [0.5, 0.6) is 0 Å². The number of hydrogen-bond acceptors (Lipinski definition) is 4. The zero-order valence-electron chi connectivity index (χ0n) is 15.2. The third-order valence-corrected chi connectivity index (χ3v) is 6.06. The molecule has 0 atom stereocenters. The average Bonchev–Trinajstić information content (AvgIpc) is 2.54. The second-order valence-electron chi connectivity index (χ2n) is 5.69. The molecular weight excluding hydrogens is 344 g/mol. The van der Waals surface area contributed by atoms with Gasteiger partial charge in [-0.25, -0.2) is 8.42 Å². The van der Waals surface area contributed by atoms with Crippen molar-refractivity contribution in [2.24, 2.45) is 0 Å². The van der Waals surface area contributed by atoms with Crippen molar-refractivity contribution in [2.45, 2.75) is 39.0 Å². The fourth-order valence-electron chi connectivity index (χ4n) is 2.58. The van der Waals surface area contributed by atoms with Gasteiger partial charge >= 0.3 is 5.97 Å². The van der Waals surface area contributed by atoms with Crippen molar-refractivity contribution in [1.82, 2.24) is 9.21 Å². The van der Waals surface area contributed by atoms with Gasteiger partial charge in [0.25, 0.3) is 5.91 Å². The number of nitrogens with zero attached hydrogens (tertiary/aromatic N) is 2. The van der Waals surface area contributed by atoms with Crippen molar-refractivity contribution >= 4 is 21.9 Å². The molecule has 1 amide bonds. The molecule has 0 fully saturated rings. The second kappa shape index (κ2) is 8.96. The summed E-state index contributed by atoms with van der Waals surface area (Å²) in [4.78, 5) is 24.9. The van der Waals surface area contributed by atoms with Crippen LogP contribution in [-0.4, -0.2) is 60.8 Å². The molecule has 0 spiro atoms. The van der Waals surface area contributed by atoms with Crippen LogP contribution in [0.1, 0.15) is 43.1 Å². The molecule has 0 radical (unpaired) electrons. The van der Waals surface area contributed by atoms with Crippen LogP contribution in [-0.2, 0) is 14.8 Å². The van der Waals surface area contributed by atoms with E-state index in [0.717, 1.165) is 0 Å². The number of aliphatic carboxylic acids is 1. The molecule has 1 N–H and O–H groups in total. The molecule has 0 aromatic heterocycles. The number of carbonyl (C=O) groups is 2. The van der Waals surface area contributed by atoms with Crippen LogP contribution in [0, 0.1) is 6.92 Å². The molecule has 140 valence electrons. The largest absolute Gasteiger partial charge is 0.480 e. The van der Waals surface area contributed by atoms with Gasteiger partial charge in [0, 0.05) is 25.2 Å². The Morgan fingerprint density at radius 1 is 1.12 bits per heavy atom. The van der Waals surface area contributed by atoms with Crippen molar-refractivity contribution in [3.8, 4) is 0 Å². The molecule has 0 aliphatic rings. The lowest BCUT2D eigenvalue weighted by molar-refractivity contribution is -0.137. The minimum absolute atomic E-state index is 0.0776. The zero-order valence-corrected chi connectivity index (χ0v) is 16.0. The lowest BCUT2D eigenvalue weighted by atomic mass is 10.1. The Morgan fingerprint density at radius 2 is 1.72 bits per heavy atom. The number of carboxylic acid groups (broad SMARTS) is 1. The van der Waals surface area contributed by atoms with Crippen LogP contribution in [0.15, 0.2) is 23.1 Å². The molecule has 0 bridgehead atoms. The first-order chi connectivity index (χ1) is 11.7. The Kier molecular flexibility index (Phi) is 7.57. The Labute approximate surface area is 149 Å². The number of amides is 1. The van der Waals surface area contributed by atoms with Crippen LogP contribution in [0.2, 0.25) is 0 Å². The fourth-order valence-corrected chi connectivity index (χ4v) is 4.29. The molecule has 7 nitrogen and oxygen atoms in total. The molecule has 0 aliphatic carbocycles. The quantitative estimate of drug-likeness (QED) is 0.717. The average molecular weight is 370 g/mol. The smallest absolute Gasteiger partial charge is 0.323 e. The maximum absolute atomic E-state index is 12.8. The summed E-state index contributed by atoms with van der Waals surface area (Å²) < 4.78 is 26.9. The molecule has 0 saturated heterocycles. The standard InChI is InChI=1S/C17H26N2O5S/c1-5-10-18(12-16(20)21)17(22)14-9-8-13(4)15(11-14)25(23,24)19(6-2)7-3/h8-9,11H,5-7,10,12H2,1-4H3,(H,20,21). The number of sulfonamides is 1. The van der Waals surface area contributed by atoms with Gasteiger partial charge in [0.15, 0.2) is 0 Å². The van der Waals surface area contributed by atoms with E-state index in [0.29, 0.717) is 25.1 Å². The van der Waals surface area contributed by atoms with E-state index in [1.807, 2.05) is 6.92 Å². The Morgan fingerprint density at radius 3 is 2.20 bits per heavy atom. The SMILES string of the molecule is CCCN(CC(=O)O)C(=O)c1ccc(C)c(S(=O)(=O)N(CC)CC)c1. The summed E-state index contributed by atoms with van der Waals surface area (Å²) in [5, 5.41) is 8.97. The first kappa shape index (κ1) is 21.1. The van der Waals surface area contributed by atoms with Gasteiger partial charge in [0.05, 0.1) is 4.90 Å². The van der Waals surface area contributed by atoms with E-state index >= 15 is 0 Å². The first-order valence-corrected chi connectivity index (χ1v) is 9.74. The minimum Gasteiger partial charge on any atom is -0.480 e. The fraction of sp³-hybridized carbons (Fsp3) is 0.529. The summed E-state index contributed by atoms with van der Waals surface area (Å²) in [6.07, 6.45) is 0.607. The van der Waals surface area contributed by atoms with Crippen LogP contribution in [0.25, 0.3) is 0 Å². The maximum Gasteiger partial charge on any atom is 0.323 e. The van der Waals surface area contributed by atoms with Crippen molar-refractivity contribution < 1.29 is 23.1 Å². The number of carboxylic acids is 1. The molecule has 8 heteroatoms. The van der Waals surface area contributed by atoms with E-state index < -0.39 is 28.4 Å². The van der Waals surface area contributed by atoms with E-state index in [1.54, 1.807) is 26.8 Å². The molecule has 1 aromatic carbocycles. The number of aryl methyl sites for hydroxylation is 1. The summed E-state index contributed by atoms with van der Waals surface area (Å²) in [6.45, 7) is 7.55. The van der Waals surface area contributed by atoms with E-state index in [9.17, 15) is 18.0 Å². The van der Waals surface area contributed by atoms with Crippen LogP contribution < -0.4 is 0 Å². The van der Waals surface area contributed by atoms with E-state index in [2.05, 4.69) is 0 Å². The van der Waals surface area contributed by atoms with Crippen molar-refractivity contribution in [3.63, 3.8) is 0 Å². The van der Waals surface area contributed by atoms with Gasteiger partial charge in [0.2, 0.25) is 10.0 Å². The Hall–Kier alpha value is -1.93. The highest BCUT2D eigenvalue weighted by atomic mass is 32.2. The summed E-state index contributed by atoms with van der Waals surface area (Å²) in [5.41, 5.74) is 0.717. The Balaban J connectivity index is 3.32. The number of carbonyl (C=O) groups excluding carboxylic acids is 1. The molecule has 0 heterocycles. The van der Waals surface area contributed by atoms with Gasteiger partial charge in [-0.15, -0.1) is 0 Å². The van der Waals surface area contributed by atoms with Crippen LogP contribution in [0.4, 0.5) is 0 Å². The molecular formula is C17H26N2O5S. The lowest BCUT2D eigenvalue weighted by Crippen LogP contribution is -2.36. The third kappa shape index (κ3) is 5.02.